The van der Waals surface area contributed by atoms with Crippen molar-refractivity contribution in [3.05, 3.63) is 29.8 Å². The smallest absolute Gasteiger partial charge is 0.243 e. The third kappa shape index (κ3) is 5.64. The lowest BCUT2D eigenvalue weighted by Gasteiger charge is -2.34. The zero-order valence-electron chi connectivity index (χ0n) is 15.0. The number of carbonyl (C=O) groups is 2. The lowest BCUT2D eigenvalue weighted by molar-refractivity contribution is -0.125. The van der Waals surface area contributed by atoms with Gasteiger partial charge < -0.3 is 10.6 Å². The number of hydrogen-bond donors (Lipinski definition) is 2. The van der Waals surface area contributed by atoms with E-state index in [0.29, 0.717) is 18.4 Å². The molecule has 1 aromatic carbocycles. The monoisotopic (exact) mass is 331 g/mol. The molecular formula is C19H29N3O2. The maximum absolute atomic E-state index is 12.1. The number of amides is 2. The van der Waals surface area contributed by atoms with Crippen molar-refractivity contribution in [2.24, 2.45) is 11.8 Å². The number of para-hydroxylation sites is 1. The maximum Gasteiger partial charge on any atom is 0.243 e. The lowest BCUT2D eigenvalue weighted by atomic mass is 9.92. The molecule has 2 N–H and O–H groups in total. The van der Waals surface area contributed by atoms with Gasteiger partial charge in [0, 0.05) is 18.8 Å². The molecule has 5 heteroatoms. The zero-order valence-corrected chi connectivity index (χ0v) is 15.0. The number of carbonyl (C=O) groups excluding carboxylic acids is 2. The summed E-state index contributed by atoms with van der Waals surface area (Å²) in [5.41, 5.74) is 1.91. The lowest BCUT2D eigenvalue weighted by Crippen LogP contribution is -2.45. The maximum atomic E-state index is 12.1. The van der Waals surface area contributed by atoms with Gasteiger partial charge in [-0.25, -0.2) is 0 Å². The van der Waals surface area contributed by atoms with Crippen LogP contribution in [0.5, 0.6) is 0 Å². The third-order valence-corrected chi connectivity index (χ3v) is 4.43. The van der Waals surface area contributed by atoms with Crippen molar-refractivity contribution in [2.45, 2.75) is 33.6 Å². The number of aryl methyl sites for hydroxylation is 1. The van der Waals surface area contributed by atoms with Gasteiger partial charge in [0.15, 0.2) is 0 Å². The van der Waals surface area contributed by atoms with Crippen molar-refractivity contribution in [2.75, 3.05) is 31.5 Å². The van der Waals surface area contributed by atoms with Crippen LogP contribution in [0, 0.1) is 11.8 Å². The summed E-state index contributed by atoms with van der Waals surface area (Å²) in [6, 6.07) is 7.73. The fourth-order valence-corrected chi connectivity index (χ4v) is 3.50. The molecule has 1 heterocycles. The first-order chi connectivity index (χ1) is 11.5. The highest BCUT2D eigenvalue weighted by atomic mass is 16.2. The van der Waals surface area contributed by atoms with E-state index >= 15 is 0 Å². The summed E-state index contributed by atoms with van der Waals surface area (Å²) in [5.74, 6) is 0.964. The van der Waals surface area contributed by atoms with Crippen molar-refractivity contribution in [1.29, 1.82) is 0 Å². The second-order valence-corrected chi connectivity index (χ2v) is 6.98. The minimum atomic E-state index is -0.190. The Bertz CT molecular complexity index is 563. The van der Waals surface area contributed by atoms with Crippen molar-refractivity contribution in [1.82, 2.24) is 10.2 Å². The summed E-state index contributed by atoms with van der Waals surface area (Å²) in [5, 5.41) is 5.59. The summed E-state index contributed by atoms with van der Waals surface area (Å²) in [7, 11) is 0. The van der Waals surface area contributed by atoms with Crippen LogP contribution in [0.15, 0.2) is 24.3 Å². The van der Waals surface area contributed by atoms with Crippen LogP contribution in [0.1, 0.15) is 32.8 Å². The molecule has 2 atom stereocenters. The van der Waals surface area contributed by atoms with Crippen LogP contribution in [-0.4, -0.2) is 42.9 Å². The summed E-state index contributed by atoms with van der Waals surface area (Å²) < 4.78 is 0. The van der Waals surface area contributed by atoms with Crippen molar-refractivity contribution >= 4 is 17.5 Å². The average Bonchev–Trinajstić information content (AvgIpc) is 2.52. The van der Waals surface area contributed by atoms with Gasteiger partial charge in [-0.2, -0.15) is 0 Å². The Morgan fingerprint density at radius 1 is 1.12 bits per heavy atom. The van der Waals surface area contributed by atoms with E-state index in [2.05, 4.69) is 29.4 Å². The van der Waals surface area contributed by atoms with Gasteiger partial charge in [0.05, 0.1) is 13.1 Å². The van der Waals surface area contributed by atoms with E-state index < -0.39 is 0 Å². The molecule has 0 aliphatic carbocycles. The number of anilines is 1. The molecular weight excluding hydrogens is 302 g/mol. The summed E-state index contributed by atoms with van der Waals surface area (Å²) >= 11 is 0. The van der Waals surface area contributed by atoms with Crippen LogP contribution in [0.2, 0.25) is 0 Å². The summed E-state index contributed by atoms with van der Waals surface area (Å²) in [6.07, 6.45) is 2.07. The first-order valence-electron chi connectivity index (χ1n) is 8.84. The number of benzene rings is 1. The van der Waals surface area contributed by atoms with Crippen LogP contribution in [-0.2, 0) is 16.0 Å². The van der Waals surface area contributed by atoms with Crippen molar-refractivity contribution < 1.29 is 9.59 Å². The highest BCUT2D eigenvalue weighted by Crippen LogP contribution is 2.20. The van der Waals surface area contributed by atoms with Crippen molar-refractivity contribution in [3.63, 3.8) is 0 Å². The Labute approximate surface area is 144 Å². The molecule has 0 unspecified atom stereocenters. The van der Waals surface area contributed by atoms with Gasteiger partial charge in [0.1, 0.15) is 0 Å². The fraction of sp³-hybridized carbons (Fsp3) is 0.579. The van der Waals surface area contributed by atoms with E-state index in [9.17, 15) is 9.59 Å². The molecule has 0 bridgehead atoms. The molecule has 2 rings (SSSR count). The number of rotatable bonds is 6. The number of nitrogens with one attached hydrogen (secondary N) is 2. The minimum absolute atomic E-state index is 0.00975. The minimum Gasteiger partial charge on any atom is -0.346 e. The third-order valence-electron chi connectivity index (χ3n) is 4.43. The number of piperidine rings is 1. The van der Waals surface area contributed by atoms with Crippen LogP contribution in [0.3, 0.4) is 0 Å². The van der Waals surface area contributed by atoms with Gasteiger partial charge in [-0.15, -0.1) is 0 Å². The van der Waals surface area contributed by atoms with E-state index in [4.69, 9.17) is 0 Å². The second-order valence-electron chi connectivity index (χ2n) is 6.98. The van der Waals surface area contributed by atoms with E-state index in [-0.39, 0.29) is 18.4 Å². The first kappa shape index (κ1) is 18.5. The molecule has 0 aromatic heterocycles. The largest absolute Gasteiger partial charge is 0.346 e. The second kappa shape index (κ2) is 8.83. The zero-order chi connectivity index (χ0) is 17.5. The summed E-state index contributed by atoms with van der Waals surface area (Å²) in [4.78, 5) is 26.3. The molecule has 1 aliphatic rings. The molecule has 0 radical (unpaired) electrons. The number of likely N-dealkylation sites (tertiary alicyclic amines) is 1. The standard InChI is InChI=1S/C19H29N3O2/c1-4-16-7-5-6-8-17(16)21-18(23)10-20-19(24)13-22-11-14(2)9-15(3)12-22/h5-8,14-15H,4,9-13H2,1-3H3,(H,20,24)(H,21,23)/t14-,15-/m0/s1. The van der Waals surface area contributed by atoms with Crippen molar-refractivity contribution in [3.8, 4) is 0 Å². The van der Waals surface area contributed by atoms with E-state index in [1.54, 1.807) is 0 Å². The van der Waals surface area contributed by atoms with Crippen LogP contribution in [0.4, 0.5) is 5.69 Å². The normalized spacial score (nSPS) is 21.3. The molecule has 1 saturated heterocycles. The molecule has 24 heavy (non-hydrogen) atoms. The van der Waals surface area contributed by atoms with Gasteiger partial charge in [0.25, 0.3) is 0 Å². The Kier molecular flexibility index (Phi) is 6.79. The van der Waals surface area contributed by atoms with E-state index in [1.807, 2.05) is 31.2 Å². The Morgan fingerprint density at radius 3 is 2.46 bits per heavy atom. The Morgan fingerprint density at radius 2 is 1.79 bits per heavy atom. The molecule has 1 fully saturated rings. The molecule has 2 amide bonds. The van der Waals surface area contributed by atoms with Gasteiger partial charge in [-0.1, -0.05) is 39.0 Å². The Hall–Kier alpha value is -1.88. The van der Waals surface area contributed by atoms with Gasteiger partial charge in [-0.05, 0) is 36.3 Å². The SMILES string of the molecule is CCc1ccccc1NC(=O)CNC(=O)CN1C[C@@H](C)C[C@H](C)C1. The van der Waals surface area contributed by atoms with E-state index in [1.165, 1.54) is 6.42 Å². The summed E-state index contributed by atoms with van der Waals surface area (Å²) in [6.45, 7) is 8.77. The number of nitrogens with zero attached hydrogens (tertiary/aromatic N) is 1. The predicted molar refractivity (Wildman–Crippen MR) is 96.8 cm³/mol. The molecule has 0 saturated carbocycles. The first-order valence-corrected chi connectivity index (χ1v) is 8.84. The van der Waals surface area contributed by atoms with Crippen LogP contribution in [0.25, 0.3) is 0 Å². The van der Waals surface area contributed by atoms with Crippen LogP contribution < -0.4 is 10.6 Å². The topological polar surface area (TPSA) is 61.4 Å². The predicted octanol–water partition coefficient (Wildman–Crippen LogP) is 2.28. The van der Waals surface area contributed by atoms with Gasteiger partial charge in [0.2, 0.25) is 11.8 Å². The highest BCUT2D eigenvalue weighted by Gasteiger charge is 2.23. The molecule has 1 aliphatic heterocycles. The molecule has 1 aromatic rings. The average molecular weight is 331 g/mol. The molecule has 0 spiro atoms. The Balaban J connectivity index is 1.76. The fourth-order valence-electron chi connectivity index (χ4n) is 3.50. The molecule has 132 valence electrons. The van der Waals surface area contributed by atoms with Gasteiger partial charge >= 0.3 is 0 Å². The van der Waals surface area contributed by atoms with Crippen LogP contribution >= 0.6 is 0 Å². The highest BCUT2D eigenvalue weighted by molar-refractivity contribution is 5.95. The van der Waals surface area contributed by atoms with E-state index in [0.717, 1.165) is 30.8 Å². The van der Waals surface area contributed by atoms with Gasteiger partial charge in [-0.3, -0.25) is 14.5 Å². The number of hydrogen-bond acceptors (Lipinski definition) is 3. The quantitative estimate of drug-likeness (QED) is 0.841. The molecule has 5 nitrogen and oxygen atoms in total.